The summed E-state index contributed by atoms with van der Waals surface area (Å²) in [6.07, 6.45) is 2.69. The Morgan fingerprint density at radius 3 is 2.32 bits per heavy atom. The largest absolute Gasteiger partial charge is 0.494 e. The summed E-state index contributed by atoms with van der Waals surface area (Å²) in [6.45, 7) is 1.86. The van der Waals surface area contributed by atoms with E-state index in [1.54, 1.807) is 4.90 Å². The molecule has 0 N–H and O–H groups in total. The molecule has 0 aliphatic carbocycles. The quantitative estimate of drug-likeness (QED) is 0.809. The Balaban J connectivity index is 1.46. The predicted octanol–water partition coefficient (Wildman–Crippen LogP) is 4.29. The number of halogens is 2. The van der Waals surface area contributed by atoms with E-state index in [1.165, 1.54) is 0 Å². The Labute approximate surface area is 146 Å². The number of para-hydroxylation sites is 1. The molecule has 1 aliphatic rings. The summed E-state index contributed by atoms with van der Waals surface area (Å²) in [5.74, 6) is -0.398. The number of likely N-dealkylation sites (tertiary alicyclic amines) is 1. The molecule has 2 aromatic carbocycles. The van der Waals surface area contributed by atoms with Gasteiger partial charge in [-0.3, -0.25) is 4.79 Å². The molecule has 0 unspecified atom stereocenters. The molecule has 0 saturated carbocycles. The van der Waals surface area contributed by atoms with Crippen molar-refractivity contribution in [2.75, 3.05) is 19.7 Å². The molecule has 2 aromatic rings. The van der Waals surface area contributed by atoms with Crippen LogP contribution in [0.5, 0.6) is 5.75 Å². The highest BCUT2D eigenvalue weighted by Crippen LogP contribution is 2.23. The standard InChI is InChI=1S/C20H21F2NO2/c21-17-12-16(13-18(22)14-17)20(24)23-9-6-15(7-10-23)8-11-25-19-4-2-1-3-5-19/h1-5,12-15H,6-11H2. The smallest absolute Gasteiger partial charge is 0.254 e. The molecule has 1 fully saturated rings. The van der Waals surface area contributed by atoms with Gasteiger partial charge < -0.3 is 9.64 Å². The molecular weight excluding hydrogens is 324 g/mol. The number of nitrogens with zero attached hydrogens (tertiary/aromatic N) is 1. The zero-order chi connectivity index (χ0) is 17.6. The highest BCUT2D eigenvalue weighted by atomic mass is 19.1. The van der Waals surface area contributed by atoms with Gasteiger partial charge in [0.2, 0.25) is 0 Å². The van der Waals surface area contributed by atoms with Crippen molar-refractivity contribution in [3.63, 3.8) is 0 Å². The van der Waals surface area contributed by atoms with Crippen LogP contribution >= 0.6 is 0 Å². The molecule has 5 heteroatoms. The summed E-state index contributed by atoms with van der Waals surface area (Å²) in [7, 11) is 0. The fourth-order valence-electron chi connectivity index (χ4n) is 3.14. The van der Waals surface area contributed by atoms with E-state index in [0.29, 0.717) is 25.6 Å². The van der Waals surface area contributed by atoms with Crippen LogP contribution in [0.4, 0.5) is 8.78 Å². The lowest BCUT2D eigenvalue weighted by atomic mass is 9.93. The van der Waals surface area contributed by atoms with Gasteiger partial charge in [0.1, 0.15) is 17.4 Å². The molecule has 132 valence electrons. The average molecular weight is 345 g/mol. The van der Waals surface area contributed by atoms with Gasteiger partial charge in [0.25, 0.3) is 5.91 Å². The van der Waals surface area contributed by atoms with Crippen LogP contribution in [0.3, 0.4) is 0 Å². The summed E-state index contributed by atoms with van der Waals surface area (Å²) in [6, 6.07) is 12.6. The maximum atomic E-state index is 13.3. The van der Waals surface area contributed by atoms with Crippen LogP contribution in [0.15, 0.2) is 48.5 Å². The lowest BCUT2D eigenvalue weighted by molar-refractivity contribution is 0.0679. The molecule has 1 heterocycles. The number of piperidine rings is 1. The highest BCUT2D eigenvalue weighted by molar-refractivity contribution is 5.94. The van der Waals surface area contributed by atoms with Gasteiger partial charge in [0, 0.05) is 24.7 Å². The summed E-state index contributed by atoms with van der Waals surface area (Å²) in [5, 5.41) is 0. The van der Waals surface area contributed by atoms with Crippen molar-refractivity contribution in [1.82, 2.24) is 4.90 Å². The lowest BCUT2D eigenvalue weighted by Crippen LogP contribution is -2.38. The van der Waals surface area contributed by atoms with Gasteiger partial charge in [-0.1, -0.05) is 18.2 Å². The van der Waals surface area contributed by atoms with E-state index in [0.717, 1.165) is 43.2 Å². The molecule has 0 bridgehead atoms. The molecular formula is C20H21F2NO2. The minimum atomic E-state index is -0.726. The molecule has 1 saturated heterocycles. The van der Waals surface area contributed by atoms with Gasteiger partial charge in [0.05, 0.1) is 6.61 Å². The van der Waals surface area contributed by atoms with E-state index < -0.39 is 11.6 Å². The first-order valence-electron chi connectivity index (χ1n) is 8.55. The summed E-state index contributed by atoms with van der Waals surface area (Å²) < 4.78 is 32.3. The van der Waals surface area contributed by atoms with Crippen LogP contribution in [0.25, 0.3) is 0 Å². The number of hydrogen-bond donors (Lipinski definition) is 0. The Bertz CT molecular complexity index is 693. The first-order valence-corrected chi connectivity index (χ1v) is 8.55. The molecule has 0 radical (unpaired) electrons. The minimum absolute atomic E-state index is 0.0726. The van der Waals surface area contributed by atoms with Gasteiger partial charge in [-0.25, -0.2) is 8.78 Å². The van der Waals surface area contributed by atoms with Crippen molar-refractivity contribution in [3.8, 4) is 5.75 Å². The summed E-state index contributed by atoms with van der Waals surface area (Å²) >= 11 is 0. The van der Waals surface area contributed by atoms with Crippen molar-refractivity contribution in [3.05, 3.63) is 65.7 Å². The van der Waals surface area contributed by atoms with E-state index in [2.05, 4.69) is 0 Å². The number of ether oxygens (including phenoxy) is 1. The Kier molecular flexibility index (Phi) is 5.64. The number of hydrogen-bond acceptors (Lipinski definition) is 2. The van der Waals surface area contributed by atoms with Crippen LogP contribution in [-0.2, 0) is 0 Å². The molecule has 0 atom stereocenters. The zero-order valence-corrected chi connectivity index (χ0v) is 14.0. The fourth-order valence-corrected chi connectivity index (χ4v) is 3.14. The van der Waals surface area contributed by atoms with Crippen molar-refractivity contribution in [2.45, 2.75) is 19.3 Å². The normalized spacial score (nSPS) is 15.2. The van der Waals surface area contributed by atoms with Gasteiger partial charge in [-0.2, -0.15) is 0 Å². The number of carbonyl (C=O) groups excluding carboxylic acids is 1. The third-order valence-electron chi connectivity index (χ3n) is 4.55. The Morgan fingerprint density at radius 2 is 1.68 bits per heavy atom. The van der Waals surface area contributed by atoms with Gasteiger partial charge in [-0.15, -0.1) is 0 Å². The third kappa shape index (κ3) is 4.78. The average Bonchev–Trinajstić information content (AvgIpc) is 2.62. The zero-order valence-electron chi connectivity index (χ0n) is 14.0. The number of rotatable bonds is 5. The summed E-state index contributed by atoms with van der Waals surface area (Å²) in [5.41, 5.74) is 0.0726. The molecule has 0 spiro atoms. The first-order chi connectivity index (χ1) is 12.1. The molecule has 25 heavy (non-hydrogen) atoms. The van der Waals surface area contributed by atoms with E-state index >= 15 is 0 Å². The van der Waals surface area contributed by atoms with E-state index in [-0.39, 0.29) is 11.5 Å². The maximum absolute atomic E-state index is 13.3. The van der Waals surface area contributed by atoms with Crippen LogP contribution < -0.4 is 4.74 Å². The van der Waals surface area contributed by atoms with Crippen LogP contribution in [0, 0.1) is 17.6 Å². The molecule has 3 rings (SSSR count). The van der Waals surface area contributed by atoms with Gasteiger partial charge in [0.15, 0.2) is 0 Å². The summed E-state index contributed by atoms with van der Waals surface area (Å²) in [4.78, 5) is 14.0. The topological polar surface area (TPSA) is 29.5 Å². The van der Waals surface area contributed by atoms with E-state index in [1.807, 2.05) is 30.3 Å². The Hall–Kier alpha value is -2.43. The second kappa shape index (κ2) is 8.10. The van der Waals surface area contributed by atoms with Gasteiger partial charge in [-0.05, 0) is 49.4 Å². The SMILES string of the molecule is O=C(c1cc(F)cc(F)c1)N1CCC(CCOc2ccccc2)CC1. The monoisotopic (exact) mass is 345 g/mol. The van der Waals surface area contributed by atoms with Crippen molar-refractivity contribution >= 4 is 5.91 Å². The first kappa shape index (κ1) is 17.4. The minimum Gasteiger partial charge on any atom is -0.494 e. The predicted molar refractivity (Wildman–Crippen MR) is 91.5 cm³/mol. The van der Waals surface area contributed by atoms with Crippen molar-refractivity contribution in [1.29, 1.82) is 0 Å². The van der Waals surface area contributed by atoms with Crippen LogP contribution in [0.2, 0.25) is 0 Å². The van der Waals surface area contributed by atoms with E-state index in [9.17, 15) is 13.6 Å². The number of amides is 1. The second-order valence-electron chi connectivity index (χ2n) is 6.34. The molecule has 3 nitrogen and oxygen atoms in total. The molecule has 1 amide bonds. The Morgan fingerprint density at radius 1 is 1.04 bits per heavy atom. The van der Waals surface area contributed by atoms with Crippen molar-refractivity contribution in [2.24, 2.45) is 5.92 Å². The van der Waals surface area contributed by atoms with Crippen LogP contribution in [-0.4, -0.2) is 30.5 Å². The molecule has 0 aromatic heterocycles. The lowest BCUT2D eigenvalue weighted by Gasteiger charge is -2.32. The van der Waals surface area contributed by atoms with Gasteiger partial charge >= 0.3 is 0 Å². The molecule has 1 aliphatic heterocycles. The third-order valence-corrected chi connectivity index (χ3v) is 4.55. The van der Waals surface area contributed by atoms with Crippen molar-refractivity contribution < 1.29 is 18.3 Å². The van der Waals surface area contributed by atoms with Crippen LogP contribution in [0.1, 0.15) is 29.6 Å². The van der Waals surface area contributed by atoms with E-state index in [4.69, 9.17) is 4.74 Å². The number of benzene rings is 2. The second-order valence-corrected chi connectivity index (χ2v) is 6.34. The number of carbonyl (C=O) groups is 1. The fraction of sp³-hybridized carbons (Fsp3) is 0.350. The maximum Gasteiger partial charge on any atom is 0.254 e. The highest BCUT2D eigenvalue weighted by Gasteiger charge is 2.24.